The van der Waals surface area contributed by atoms with E-state index in [-0.39, 0.29) is 18.4 Å². The fraction of sp³-hybridized carbons (Fsp3) is 0.600. The van der Waals surface area contributed by atoms with Crippen molar-refractivity contribution in [1.29, 1.82) is 0 Å². The number of benzene rings is 1. The van der Waals surface area contributed by atoms with Gasteiger partial charge in [0.2, 0.25) is 0 Å². The molecule has 4 heteroatoms. The highest BCUT2D eigenvalue weighted by molar-refractivity contribution is 5.85. The van der Waals surface area contributed by atoms with Gasteiger partial charge in [-0.25, -0.2) is 0 Å². The molecule has 0 saturated heterocycles. The molecular formula is C15H24ClNO2. The quantitative estimate of drug-likeness (QED) is 0.919. The van der Waals surface area contributed by atoms with E-state index in [1.54, 1.807) is 14.2 Å². The van der Waals surface area contributed by atoms with Crippen LogP contribution in [0, 0.1) is 12.8 Å². The zero-order valence-electron chi connectivity index (χ0n) is 11.9. The molecule has 1 saturated carbocycles. The van der Waals surface area contributed by atoms with Gasteiger partial charge in [-0.2, -0.15) is 0 Å². The molecule has 0 spiro atoms. The summed E-state index contributed by atoms with van der Waals surface area (Å²) in [5.41, 5.74) is 8.60. The van der Waals surface area contributed by atoms with Gasteiger partial charge in [0.05, 0.1) is 19.8 Å². The van der Waals surface area contributed by atoms with Crippen LogP contribution < -0.4 is 15.2 Å². The van der Waals surface area contributed by atoms with Gasteiger partial charge in [-0.15, -0.1) is 12.4 Å². The predicted molar refractivity (Wildman–Crippen MR) is 80.4 cm³/mol. The van der Waals surface area contributed by atoms with Crippen molar-refractivity contribution in [2.45, 2.75) is 38.6 Å². The normalized spacial score (nSPS) is 16.8. The van der Waals surface area contributed by atoms with Crippen LogP contribution in [0.5, 0.6) is 11.5 Å². The van der Waals surface area contributed by atoms with Crippen molar-refractivity contribution >= 4 is 12.4 Å². The number of rotatable bonds is 4. The lowest BCUT2D eigenvalue weighted by Crippen LogP contribution is -2.20. The molecule has 1 atom stereocenters. The molecule has 1 aliphatic carbocycles. The van der Waals surface area contributed by atoms with E-state index in [1.165, 1.54) is 25.7 Å². The molecule has 1 aliphatic rings. The van der Waals surface area contributed by atoms with Gasteiger partial charge >= 0.3 is 0 Å². The highest BCUT2D eigenvalue weighted by atomic mass is 35.5. The number of methoxy groups -OCH3 is 2. The molecule has 0 aromatic heterocycles. The summed E-state index contributed by atoms with van der Waals surface area (Å²) >= 11 is 0. The molecule has 0 heterocycles. The summed E-state index contributed by atoms with van der Waals surface area (Å²) in [5.74, 6) is 2.26. The monoisotopic (exact) mass is 285 g/mol. The molecule has 1 aromatic carbocycles. The first-order chi connectivity index (χ1) is 8.67. The summed E-state index contributed by atoms with van der Waals surface area (Å²) in [6.45, 7) is 2.04. The fourth-order valence-corrected chi connectivity index (χ4v) is 2.95. The van der Waals surface area contributed by atoms with E-state index in [0.29, 0.717) is 5.92 Å². The van der Waals surface area contributed by atoms with Gasteiger partial charge in [0.25, 0.3) is 0 Å². The molecule has 0 radical (unpaired) electrons. The van der Waals surface area contributed by atoms with Crippen LogP contribution in [0.4, 0.5) is 0 Å². The Labute approximate surface area is 121 Å². The van der Waals surface area contributed by atoms with Crippen LogP contribution in [0.1, 0.15) is 42.9 Å². The van der Waals surface area contributed by atoms with Crippen molar-refractivity contribution in [1.82, 2.24) is 0 Å². The van der Waals surface area contributed by atoms with E-state index in [9.17, 15) is 0 Å². The van der Waals surface area contributed by atoms with Crippen molar-refractivity contribution in [2.24, 2.45) is 11.7 Å². The van der Waals surface area contributed by atoms with Gasteiger partial charge in [-0.1, -0.05) is 12.8 Å². The Morgan fingerprint density at radius 3 is 2.00 bits per heavy atom. The third-order valence-corrected chi connectivity index (χ3v) is 3.93. The molecular weight excluding hydrogens is 262 g/mol. The van der Waals surface area contributed by atoms with Crippen LogP contribution in [-0.4, -0.2) is 14.2 Å². The first-order valence-electron chi connectivity index (χ1n) is 6.65. The van der Waals surface area contributed by atoms with E-state index < -0.39 is 0 Å². The standard InChI is InChI=1S/C15H23NO2.ClH/c1-10-8-12(17-2)14(13(9-10)18-3)15(16)11-6-4-5-7-11;/h8-9,11,15H,4-7,16H2,1-3H3;1H/t15-;/m1./s1. The Morgan fingerprint density at radius 1 is 1.11 bits per heavy atom. The number of hydrogen-bond donors (Lipinski definition) is 1. The van der Waals surface area contributed by atoms with Gasteiger partial charge in [0, 0.05) is 6.04 Å². The summed E-state index contributed by atoms with van der Waals surface area (Å²) in [6, 6.07) is 4.08. The zero-order valence-corrected chi connectivity index (χ0v) is 12.8. The smallest absolute Gasteiger partial charge is 0.127 e. The maximum atomic E-state index is 6.44. The van der Waals surface area contributed by atoms with Gasteiger partial charge in [-0.3, -0.25) is 0 Å². The average Bonchev–Trinajstić information content (AvgIpc) is 2.90. The molecule has 0 aliphatic heterocycles. The van der Waals surface area contributed by atoms with E-state index in [4.69, 9.17) is 15.2 Å². The maximum Gasteiger partial charge on any atom is 0.127 e. The van der Waals surface area contributed by atoms with Crippen molar-refractivity contribution in [2.75, 3.05) is 14.2 Å². The van der Waals surface area contributed by atoms with Crippen LogP contribution in [0.3, 0.4) is 0 Å². The summed E-state index contributed by atoms with van der Waals surface area (Å²) in [6.07, 6.45) is 4.99. The molecule has 1 aromatic rings. The number of nitrogens with two attached hydrogens (primary N) is 1. The van der Waals surface area contributed by atoms with Crippen molar-refractivity contribution < 1.29 is 9.47 Å². The van der Waals surface area contributed by atoms with E-state index in [0.717, 1.165) is 22.6 Å². The molecule has 2 N–H and O–H groups in total. The first kappa shape index (κ1) is 16.1. The van der Waals surface area contributed by atoms with Gasteiger partial charge in [0.15, 0.2) is 0 Å². The first-order valence-corrected chi connectivity index (χ1v) is 6.65. The van der Waals surface area contributed by atoms with Gasteiger partial charge in [0.1, 0.15) is 11.5 Å². The van der Waals surface area contributed by atoms with Crippen molar-refractivity contribution in [3.05, 3.63) is 23.3 Å². The van der Waals surface area contributed by atoms with Crippen LogP contribution in [0.2, 0.25) is 0 Å². The van der Waals surface area contributed by atoms with Crippen LogP contribution >= 0.6 is 12.4 Å². The topological polar surface area (TPSA) is 44.5 Å². The molecule has 0 amide bonds. The van der Waals surface area contributed by atoms with Crippen LogP contribution in [-0.2, 0) is 0 Å². The second-order valence-electron chi connectivity index (χ2n) is 5.15. The minimum atomic E-state index is 0. The highest BCUT2D eigenvalue weighted by Crippen LogP contribution is 2.42. The Bertz CT molecular complexity index is 392. The molecule has 108 valence electrons. The highest BCUT2D eigenvalue weighted by Gasteiger charge is 2.28. The number of hydrogen-bond acceptors (Lipinski definition) is 3. The minimum Gasteiger partial charge on any atom is -0.496 e. The lowest BCUT2D eigenvalue weighted by Gasteiger charge is -2.24. The van der Waals surface area contributed by atoms with Crippen molar-refractivity contribution in [3.8, 4) is 11.5 Å². The molecule has 3 nitrogen and oxygen atoms in total. The second kappa shape index (κ2) is 7.01. The van der Waals surface area contributed by atoms with E-state index in [2.05, 4.69) is 0 Å². The lowest BCUT2D eigenvalue weighted by molar-refractivity contribution is 0.357. The van der Waals surface area contributed by atoms with E-state index in [1.807, 2.05) is 19.1 Å². The fourth-order valence-electron chi connectivity index (χ4n) is 2.95. The Hall–Kier alpha value is -0.930. The summed E-state index contributed by atoms with van der Waals surface area (Å²) in [5, 5.41) is 0. The predicted octanol–water partition coefficient (Wildman–Crippen LogP) is 3.62. The molecule has 19 heavy (non-hydrogen) atoms. The Balaban J connectivity index is 0.00000180. The Morgan fingerprint density at radius 2 is 1.58 bits per heavy atom. The lowest BCUT2D eigenvalue weighted by atomic mass is 9.90. The number of aryl methyl sites for hydroxylation is 1. The molecule has 2 rings (SSSR count). The summed E-state index contributed by atoms with van der Waals surface area (Å²) in [4.78, 5) is 0. The van der Waals surface area contributed by atoms with Crippen LogP contribution in [0.25, 0.3) is 0 Å². The van der Waals surface area contributed by atoms with Crippen LogP contribution in [0.15, 0.2) is 12.1 Å². The maximum absolute atomic E-state index is 6.44. The largest absolute Gasteiger partial charge is 0.496 e. The molecule has 0 bridgehead atoms. The zero-order chi connectivity index (χ0) is 13.1. The van der Waals surface area contributed by atoms with Crippen molar-refractivity contribution in [3.63, 3.8) is 0 Å². The molecule has 0 unspecified atom stereocenters. The SMILES string of the molecule is COc1cc(C)cc(OC)c1[C@H](N)C1CCCC1.Cl. The van der Waals surface area contributed by atoms with Gasteiger partial charge in [-0.05, 0) is 43.4 Å². The average molecular weight is 286 g/mol. The minimum absolute atomic E-state index is 0. The Kier molecular flexibility index (Phi) is 5.95. The number of ether oxygens (including phenoxy) is 2. The summed E-state index contributed by atoms with van der Waals surface area (Å²) in [7, 11) is 3.39. The third-order valence-electron chi connectivity index (χ3n) is 3.93. The molecule has 1 fully saturated rings. The third kappa shape index (κ3) is 3.34. The second-order valence-corrected chi connectivity index (χ2v) is 5.15. The number of halogens is 1. The van der Waals surface area contributed by atoms with Gasteiger partial charge < -0.3 is 15.2 Å². The van der Waals surface area contributed by atoms with E-state index >= 15 is 0 Å². The summed E-state index contributed by atoms with van der Waals surface area (Å²) < 4.78 is 11.0.